The highest BCUT2D eigenvalue weighted by Crippen LogP contribution is 2.31. The zero-order valence-corrected chi connectivity index (χ0v) is 8.87. The lowest BCUT2D eigenvalue weighted by Gasteiger charge is -2.32. The summed E-state index contributed by atoms with van der Waals surface area (Å²) in [6, 6.07) is 2.56. The van der Waals surface area contributed by atoms with Crippen LogP contribution in [0.4, 0.5) is 0 Å². The number of nitrogens with zero attached hydrogens (tertiary/aromatic N) is 2. The zero-order chi connectivity index (χ0) is 10.4. The maximum atomic E-state index is 8.80. The average Bonchev–Trinajstić information content (AvgIpc) is 2.71. The van der Waals surface area contributed by atoms with Gasteiger partial charge in [0.15, 0.2) is 0 Å². The standard InChI is InChI=1S/C11H19N3/c1-3-14(13-2)11(8-9-12)10-6-4-5-7-10/h3,10-11,13H,1,4-8H2,2H3/t11-/m1/s1. The number of rotatable bonds is 5. The molecule has 0 aromatic carbocycles. The summed E-state index contributed by atoms with van der Waals surface area (Å²) in [6.07, 6.45) is 7.47. The van der Waals surface area contributed by atoms with Crippen molar-refractivity contribution in [2.75, 3.05) is 7.05 Å². The SMILES string of the molecule is C=CN(NC)[C@H](CC#N)C1CCCC1. The minimum absolute atomic E-state index is 0.296. The Morgan fingerprint density at radius 2 is 2.29 bits per heavy atom. The van der Waals surface area contributed by atoms with Crippen molar-refractivity contribution in [2.24, 2.45) is 5.92 Å². The molecule has 3 heteroatoms. The van der Waals surface area contributed by atoms with E-state index in [1.54, 1.807) is 6.20 Å². The van der Waals surface area contributed by atoms with Crippen LogP contribution in [0, 0.1) is 17.2 Å². The molecular formula is C11H19N3. The maximum Gasteiger partial charge on any atom is 0.0644 e. The van der Waals surface area contributed by atoms with Gasteiger partial charge in [-0.15, -0.1) is 0 Å². The molecule has 1 aliphatic rings. The van der Waals surface area contributed by atoms with Gasteiger partial charge < -0.3 is 5.01 Å². The van der Waals surface area contributed by atoms with Crippen LogP contribution in [0.15, 0.2) is 12.8 Å². The Labute approximate surface area is 86.4 Å². The summed E-state index contributed by atoms with van der Waals surface area (Å²) in [7, 11) is 1.88. The predicted molar refractivity (Wildman–Crippen MR) is 57.1 cm³/mol. The van der Waals surface area contributed by atoms with Crippen LogP contribution in [0.3, 0.4) is 0 Å². The van der Waals surface area contributed by atoms with Crippen LogP contribution in [0.1, 0.15) is 32.1 Å². The third-order valence-electron chi connectivity index (χ3n) is 3.06. The predicted octanol–water partition coefficient (Wildman–Crippen LogP) is 2.04. The van der Waals surface area contributed by atoms with E-state index in [0.29, 0.717) is 18.4 Å². The maximum absolute atomic E-state index is 8.80. The van der Waals surface area contributed by atoms with Crippen LogP contribution in [0.25, 0.3) is 0 Å². The average molecular weight is 193 g/mol. The highest BCUT2D eigenvalue weighted by molar-refractivity contribution is 4.91. The smallest absolute Gasteiger partial charge is 0.0644 e. The largest absolute Gasteiger partial charge is 0.312 e. The summed E-state index contributed by atoms with van der Waals surface area (Å²) in [6.45, 7) is 3.76. The molecule has 1 aliphatic carbocycles. The monoisotopic (exact) mass is 193 g/mol. The third-order valence-corrected chi connectivity index (χ3v) is 3.06. The third kappa shape index (κ3) is 2.49. The molecule has 0 aliphatic heterocycles. The van der Waals surface area contributed by atoms with Gasteiger partial charge in [-0.3, -0.25) is 0 Å². The molecule has 0 aromatic rings. The molecule has 1 saturated carbocycles. The fraction of sp³-hybridized carbons (Fsp3) is 0.727. The van der Waals surface area contributed by atoms with Crippen LogP contribution < -0.4 is 5.43 Å². The fourth-order valence-corrected chi connectivity index (χ4v) is 2.32. The zero-order valence-electron chi connectivity index (χ0n) is 8.87. The molecule has 0 aromatic heterocycles. The molecule has 1 rings (SSSR count). The van der Waals surface area contributed by atoms with Crippen LogP contribution in [0.5, 0.6) is 0 Å². The Kier molecular flexibility index (Phi) is 4.48. The van der Waals surface area contributed by atoms with Crippen LogP contribution in [0.2, 0.25) is 0 Å². The molecule has 1 atom stereocenters. The molecule has 0 saturated heterocycles. The van der Waals surface area contributed by atoms with Crippen molar-refractivity contribution in [1.29, 1.82) is 5.26 Å². The summed E-state index contributed by atoms with van der Waals surface area (Å²) < 4.78 is 0. The van der Waals surface area contributed by atoms with E-state index in [2.05, 4.69) is 18.1 Å². The summed E-state index contributed by atoms with van der Waals surface area (Å²) in [5.41, 5.74) is 3.08. The highest BCUT2D eigenvalue weighted by Gasteiger charge is 2.27. The van der Waals surface area contributed by atoms with Crippen LogP contribution >= 0.6 is 0 Å². The van der Waals surface area contributed by atoms with Gasteiger partial charge in [0.1, 0.15) is 0 Å². The van der Waals surface area contributed by atoms with Gasteiger partial charge in [0.2, 0.25) is 0 Å². The molecule has 0 bridgehead atoms. The van der Waals surface area contributed by atoms with Gasteiger partial charge in [0, 0.05) is 13.2 Å². The van der Waals surface area contributed by atoms with E-state index < -0.39 is 0 Å². The number of nitrogens with one attached hydrogen (secondary N) is 1. The normalized spacial score (nSPS) is 18.9. The Balaban J connectivity index is 2.61. The van der Waals surface area contributed by atoms with Gasteiger partial charge in [-0.1, -0.05) is 19.4 Å². The number of hydrogen-bond donors (Lipinski definition) is 1. The molecule has 14 heavy (non-hydrogen) atoms. The quantitative estimate of drug-likeness (QED) is 0.679. The van der Waals surface area contributed by atoms with Gasteiger partial charge in [-0.25, -0.2) is 5.43 Å². The first kappa shape index (κ1) is 11.1. The van der Waals surface area contributed by atoms with Crippen molar-refractivity contribution in [3.63, 3.8) is 0 Å². The molecule has 0 unspecified atom stereocenters. The van der Waals surface area contributed by atoms with E-state index >= 15 is 0 Å². The van der Waals surface area contributed by atoms with Crippen LogP contribution in [-0.2, 0) is 0 Å². The van der Waals surface area contributed by atoms with E-state index in [-0.39, 0.29) is 0 Å². The Morgan fingerprint density at radius 1 is 1.64 bits per heavy atom. The van der Waals surface area contributed by atoms with E-state index in [0.717, 1.165) is 0 Å². The van der Waals surface area contributed by atoms with E-state index in [1.807, 2.05) is 12.1 Å². The molecule has 78 valence electrons. The molecular weight excluding hydrogens is 174 g/mol. The first-order valence-corrected chi connectivity index (χ1v) is 5.28. The van der Waals surface area contributed by atoms with E-state index in [9.17, 15) is 0 Å². The van der Waals surface area contributed by atoms with Gasteiger partial charge in [0.05, 0.1) is 18.5 Å². The van der Waals surface area contributed by atoms with Crippen molar-refractivity contribution < 1.29 is 0 Å². The van der Waals surface area contributed by atoms with Crippen molar-refractivity contribution in [3.8, 4) is 6.07 Å². The lowest BCUT2D eigenvalue weighted by atomic mass is 9.95. The van der Waals surface area contributed by atoms with E-state index in [1.165, 1.54) is 25.7 Å². The second kappa shape index (κ2) is 5.66. The highest BCUT2D eigenvalue weighted by atomic mass is 15.5. The minimum atomic E-state index is 0.296. The van der Waals surface area contributed by atoms with Crippen LogP contribution in [-0.4, -0.2) is 18.1 Å². The molecule has 3 nitrogen and oxygen atoms in total. The van der Waals surface area contributed by atoms with Gasteiger partial charge in [-0.2, -0.15) is 5.26 Å². The molecule has 1 N–H and O–H groups in total. The van der Waals surface area contributed by atoms with E-state index in [4.69, 9.17) is 5.26 Å². The van der Waals surface area contributed by atoms with Gasteiger partial charge >= 0.3 is 0 Å². The second-order valence-electron chi connectivity index (χ2n) is 3.79. The van der Waals surface area contributed by atoms with Crippen molar-refractivity contribution >= 4 is 0 Å². The lowest BCUT2D eigenvalue weighted by Crippen LogP contribution is -2.43. The first-order chi connectivity index (χ1) is 6.83. The summed E-state index contributed by atoms with van der Waals surface area (Å²) in [5.74, 6) is 0.653. The Bertz CT molecular complexity index is 213. The minimum Gasteiger partial charge on any atom is -0.312 e. The number of hydrogen-bond acceptors (Lipinski definition) is 3. The van der Waals surface area contributed by atoms with Crippen molar-refractivity contribution in [3.05, 3.63) is 12.8 Å². The summed E-state index contributed by atoms with van der Waals surface area (Å²) >= 11 is 0. The van der Waals surface area contributed by atoms with Gasteiger partial charge in [0.25, 0.3) is 0 Å². The fourth-order valence-electron chi connectivity index (χ4n) is 2.32. The lowest BCUT2D eigenvalue weighted by molar-refractivity contribution is 0.158. The Hall–Kier alpha value is -1.01. The Morgan fingerprint density at radius 3 is 2.71 bits per heavy atom. The first-order valence-electron chi connectivity index (χ1n) is 5.28. The number of nitriles is 1. The summed E-state index contributed by atoms with van der Waals surface area (Å²) in [5, 5.41) is 10.8. The molecule has 0 heterocycles. The number of hydrazine groups is 1. The van der Waals surface area contributed by atoms with Crippen molar-refractivity contribution in [1.82, 2.24) is 10.4 Å². The molecule has 0 radical (unpaired) electrons. The molecule has 0 spiro atoms. The van der Waals surface area contributed by atoms with Gasteiger partial charge in [-0.05, 0) is 18.8 Å². The summed E-state index contributed by atoms with van der Waals surface area (Å²) in [4.78, 5) is 0. The van der Waals surface area contributed by atoms with Crippen molar-refractivity contribution in [2.45, 2.75) is 38.1 Å². The molecule has 0 amide bonds. The second-order valence-corrected chi connectivity index (χ2v) is 3.79. The molecule has 1 fully saturated rings. The topological polar surface area (TPSA) is 39.1 Å².